The summed E-state index contributed by atoms with van der Waals surface area (Å²) in [5.74, 6) is 0.981. The number of aromatic amines is 1. The first kappa shape index (κ1) is 14.0. The molecule has 1 aromatic heterocycles. The minimum atomic E-state index is 0.981. The summed E-state index contributed by atoms with van der Waals surface area (Å²) in [6, 6.07) is 6.48. The largest absolute Gasteiger partial charge is 0.342 e. The Balaban J connectivity index is 1.72. The van der Waals surface area contributed by atoms with E-state index in [1.807, 2.05) is 14.0 Å². The molecule has 0 spiro atoms. The molecule has 0 saturated heterocycles. The van der Waals surface area contributed by atoms with Gasteiger partial charge >= 0.3 is 0 Å². The van der Waals surface area contributed by atoms with Gasteiger partial charge in [-0.3, -0.25) is 0 Å². The lowest BCUT2D eigenvalue weighted by atomic mass is 10.1. The Morgan fingerprint density at radius 2 is 2.00 bits per heavy atom. The molecule has 0 amide bonds. The van der Waals surface area contributed by atoms with E-state index in [2.05, 4.69) is 38.8 Å². The fourth-order valence-corrected chi connectivity index (χ4v) is 2.25. The molecule has 1 aromatic carbocycles. The van der Waals surface area contributed by atoms with E-state index in [1.54, 1.807) is 0 Å². The maximum absolute atomic E-state index is 4.42. The van der Waals surface area contributed by atoms with E-state index in [1.165, 1.54) is 18.4 Å². The van der Waals surface area contributed by atoms with Gasteiger partial charge < -0.3 is 15.6 Å². The minimum Gasteiger partial charge on any atom is -0.342 e. The summed E-state index contributed by atoms with van der Waals surface area (Å²) in [7, 11) is 2.00. The number of unbranched alkanes of at least 4 members (excludes halogenated alkanes) is 1. The quantitative estimate of drug-likeness (QED) is 0.636. The van der Waals surface area contributed by atoms with Gasteiger partial charge in [-0.2, -0.15) is 0 Å². The molecule has 0 aliphatic carbocycles. The molecule has 0 aliphatic heterocycles. The zero-order valence-corrected chi connectivity index (χ0v) is 11.9. The Kier molecular flexibility index (Phi) is 5.36. The Morgan fingerprint density at radius 1 is 1.16 bits per heavy atom. The molecule has 3 N–H and O–H groups in total. The Hall–Kier alpha value is -1.39. The van der Waals surface area contributed by atoms with Gasteiger partial charge in [0.2, 0.25) is 0 Å². The highest BCUT2D eigenvalue weighted by molar-refractivity contribution is 5.75. The van der Waals surface area contributed by atoms with Gasteiger partial charge in [-0.15, -0.1) is 0 Å². The van der Waals surface area contributed by atoms with Crippen molar-refractivity contribution in [2.45, 2.75) is 26.2 Å². The third-order valence-electron chi connectivity index (χ3n) is 3.29. The highest BCUT2D eigenvalue weighted by atomic mass is 14.9. The average molecular weight is 260 g/mol. The molecule has 0 atom stereocenters. The van der Waals surface area contributed by atoms with E-state index in [9.17, 15) is 0 Å². The SMILES string of the molecule is CNCCCCNCCc1ccc2nc(C)[nH]c2c1. The zero-order valence-electron chi connectivity index (χ0n) is 11.9. The molecule has 0 unspecified atom stereocenters. The summed E-state index contributed by atoms with van der Waals surface area (Å²) >= 11 is 0. The van der Waals surface area contributed by atoms with Crippen LogP contribution in [0, 0.1) is 6.92 Å². The summed E-state index contributed by atoms with van der Waals surface area (Å²) in [6.07, 6.45) is 3.54. The molecule has 0 aliphatic rings. The Bertz CT molecular complexity index is 504. The first-order valence-electron chi connectivity index (χ1n) is 7.10. The second kappa shape index (κ2) is 7.26. The number of fused-ring (bicyclic) bond motifs is 1. The van der Waals surface area contributed by atoms with Gasteiger partial charge in [0, 0.05) is 0 Å². The van der Waals surface area contributed by atoms with Crippen LogP contribution in [0.15, 0.2) is 18.2 Å². The van der Waals surface area contributed by atoms with Gasteiger partial charge in [0.1, 0.15) is 5.82 Å². The monoisotopic (exact) mass is 260 g/mol. The first-order chi connectivity index (χ1) is 9.29. The lowest BCUT2D eigenvalue weighted by molar-refractivity contribution is 0.606. The standard InChI is InChI=1S/C15H24N4/c1-12-18-14-6-5-13(11-15(14)19-12)7-10-17-9-4-3-8-16-2/h5-6,11,16-17H,3-4,7-10H2,1-2H3,(H,18,19). The number of imidazole rings is 1. The number of rotatable bonds is 8. The molecule has 0 saturated carbocycles. The van der Waals surface area contributed by atoms with Crippen LogP contribution in [0.2, 0.25) is 0 Å². The first-order valence-corrected chi connectivity index (χ1v) is 7.10. The van der Waals surface area contributed by atoms with Crippen LogP contribution in [0.4, 0.5) is 0 Å². The maximum Gasteiger partial charge on any atom is 0.104 e. The third kappa shape index (κ3) is 4.33. The van der Waals surface area contributed by atoms with Crippen LogP contribution in [-0.4, -0.2) is 36.6 Å². The Labute approximate surface area is 115 Å². The summed E-state index contributed by atoms with van der Waals surface area (Å²) in [5, 5.41) is 6.66. The molecule has 1 heterocycles. The van der Waals surface area contributed by atoms with Gasteiger partial charge in [0.05, 0.1) is 11.0 Å². The molecule has 0 fully saturated rings. The number of aromatic nitrogens is 2. The number of H-pyrrole nitrogens is 1. The number of nitrogens with one attached hydrogen (secondary N) is 3. The number of aryl methyl sites for hydroxylation is 1. The lowest BCUT2D eigenvalue weighted by Crippen LogP contribution is -2.19. The van der Waals surface area contributed by atoms with Crippen LogP contribution in [0.1, 0.15) is 24.2 Å². The molecule has 0 radical (unpaired) electrons. The van der Waals surface area contributed by atoms with Gasteiger partial charge in [0.15, 0.2) is 0 Å². The number of benzene rings is 1. The van der Waals surface area contributed by atoms with Crippen LogP contribution in [0.5, 0.6) is 0 Å². The van der Waals surface area contributed by atoms with Crippen molar-refractivity contribution in [2.75, 3.05) is 26.7 Å². The summed E-state index contributed by atoms with van der Waals surface area (Å²) < 4.78 is 0. The van der Waals surface area contributed by atoms with E-state index in [0.29, 0.717) is 0 Å². The van der Waals surface area contributed by atoms with E-state index in [4.69, 9.17) is 0 Å². The molecular weight excluding hydrogens is 236 g/mol. The second-order valence-electron chi connectivity index (χ2n) is 4.98. The molecule has 0 bridgehead atoms. The number of hydrogen-bond acceptors (Lipinski definition) is 3. The second-order valence-corrected chi connectivity index (χ2v) is 4.98. The predicted molar refractivity (Wildman–Crippen MR) is 80.6 cm³/mol. The van der Waals surface area contributed by atoms with Crippen molar-refractivity contribution >= 4 is 11.0 Å². The predicted octanol–water partition coefficient (Wildman–Crippen LogP) is 2.00. The molecule has 4 heteroatoms. The van der Waals surface area contributed by atoms with Crippen LogP contribution in [-0.2, 0) is 6.42 Å². The van der Waals surface area contributed by atoms with Gasteiger partial charge in [-0.25, -0.2) is 4.98 Å². The van der Waals surface area contributed by atoms with E-state index in [-0.39, 0.29) is 0 Å². The fourth-order valence-electron chi connectivity index (χ4n) is 2.25. The normalized spacial score (nSPS) is 11.3. The van der Waals surface area contributed by atoms with Crippen molar-refractivity contribution in [3.8, 4) is 0 Å². The minimum absolute atomic E-state index is 0.981. The average Bonchev–Trinajstić information content (AvgIpc) is 2.77. The third-order valence-corrected chi connectivity index (χ3v) is 3.29. The topological polar surface area (TPSA) is 52.7 Å². The van der Waals surface area contributed by atoms with Crippen molar-refractivity contribution < 1.29 is 0 Å². The van der Waals surface area contributed by atoms with E-state index < -0.39 is 0 Å². The highest BCUT2D eigenvalue weighted by Gasteiger charge is 2.00. The van der Waals surface area contributed by atoms with Crippen LogP contribution >= 0.6 is 0 Å². The molecule has 19 heavy (non-hydrogen) atoms. The van der Waals surface area contributed by atoms with Gasteiger partial charge in [-0.1, -0.05) is 6.07 Å². The van der Waals surface area contributed by atoms with Gasteiger partial charge in [0.25, 0.3) is 0 Å². The lowest BCUT2D eigenvalue weighted by Gasteiger charge is -2.05. The van der Waals surface area contributed by atoms with Crippen molar-refractivity contribution in [1.82, 2.24) is 20.6 Å². The Morgan fingerprint density at radius 3 is 2.84 bits per heavy atom. The summed E-state index contributed by atoms with van der Waals surface area (Å²) in [5.41, 5.74) is 3.56. The van der Waals surface area contributed by atoms with Crippen LogP contribution < -0.4 is 10.6 Å². The van der Waals surface area contributed by atoms with E-state index >= 15 is 0 Å². The van der Waals surface area contributed by atoms with Crippen LogP contribution in [0.3, 0.4) is 0 Å². The molecule has 2 aromatic rings. The molecule has 4 nitrogen and oxygen atoms in total. The fraction of sp³-hybridized carbons (Fsp3) is 0.533. The number of hydrogen-bond donors (Lipinski definition) is 3. The van der Waals surface area contributed by atoms with Crippen molar-refractivity contribution in [3.05, 3.63) is 29.6 Å². The molecular formula is C15H24N4. The van der Waals surface area contributed by atoms with Gasteiger partial charge in [-0.05, 0) is 70.6 Å². The number of nitrogens with zero attached hydrogens (tertiary/aromatic N) is 1. The zero-order chi connectivity index (χ0) is 13.5. The maximum atomic E-state index is 4.42. The van der Waals surface area contributed by atoms with E-state index in [0.717, 1.165) is 42.9 Å². The smallest absolute Gasteiger partial charge is 0.104 e. The highest BCUT2D eigenvalue weighted by Crippen LogP contribution is 2.13. The summed E-state index contributed by atoms with van der Waals surface area (Å²) in [6.45, 7) is 5.25. The molecule has 104 valence electrons. The van der Waals surface area contributed by atoms with Crippen LogP contribution in [0.25, 0.3) is 11.0 Å². The van der Waals surface area contributed by atoms with Crippen molar-refractivity contribution in [1.29, 1.82) is 0 Å². The van der Waals surface area contributed by atoms with Crippen molar-refractivity contribution in [3.63, 3.8) is 0 Å². The molecule has 2 rings (SSSR count). The summed E-state index contributed by atoms with van der Waals surface area (Å²) in [4.78, 5) is 7.70. The van der Waals surface area contributed by atoms with Crippen molar-refractivity contribution in [2.24, 2.45) is 0 Å².